The first kappa shape index (κ1) is 8.76. The van der Waals surface area contributed by atoms with E-state index in [-0.39, 0.29) is 5.88 Å². The van der Waals surface area contributed by atoms with Gasteiger partial charge in [-0.25, -0.2) is 9.40 Å². The molecule has 2 N–H and O–H groups in total. The first-order valence-electron chi connectivity index (χ1n) is 3.99. The molecule has 0 radical (unpaired) electrons. The maximum atomic E-state index is 13.0. The fourth-order valence-corrected chi connectivity index (χ4v) is 1.08. The number of ether oxygens (including phenoxy) is 1. The van der Waals surface area contributed by atoms with E-state index in [9.17, 15) is 4.39 Å². The molecular weight excluding hydrogens is 187 g/mol. The average molecular weight is 196 g/mol. The van der Waals surface area contributed by atoms with Gasteiger partial charge in [0.15, 0.2) is 11.6 Å². The van der Waals surface area contributed by atoms with Gasteiger partial charge in [-0.05, 0) is 12.1 Å². The van der Waals surface area contributed by atoms with E-state index < -0.39 is 5.82 Å². The highest BCUT2D eigenvalue weighted by Gasteiger charge is 2.11. The number of aromatic nitrogens is 1. The molecule has 2 rings (SSSR count). The van der Waals surface area contributed by atoms with Crippen LogP contribution in [0, 0.1) is 5.82 Å². The van der Waals surface area contributed by atoms with Crippen LogP contribution in [0.5, 0.6) is 5.88 Å². The standard InChI is InChI=1S/C8H9FN4O/c1-14-8-6(9)2-3-7(11-8)13-5-4-10-12-13/h2-5,10,12H,1H3. The molecule has 5 nitrogen and oxygen atoms in total. The van der Waals surface area contributed by atoms with Crippen molar-refractivity contribution in [3.63, 3.8) is 0 Å². The lowest BCUT2D eigenvalue weighted by Gasteiger charge is -2.14. The number of methoxy groups -OCH3 is 1. The Hall–Kier alpha value is -1.82. The van der Waals surface area contributed by atoms with Crippen LogP contribution in [0.4, 0.5) is 10.2 Å². The molecule has 0 saturated carbocycles. The summed E-state index contributed by atoms with van der Waals surface area (Å²) in [5.41, 5.74) is 5.52. The molecule has 0 amide bonds. The molecule has 74 valence electrons. The van der Waals surface area contributed by atoms with E-state index in [4.69, 9.17) is 4.74 Å². The Bertz CT molecular complexity index is 368. The van der Waals surface area contributed by atoms with Gasteiger partial charge >= 0.3 is 0 Å². The molecular formula is C8H9FN4O. The molecule has 0 aromatic carbocycles. The van der Waals surface area contributed by atoms with E-state index in [1.165, 1.54) is 13.2 Å². The van der Waals surface area contributed by atoms with Gasteiger partial charge in [0.2, 0.25) is 0 Å². The topological polar surface area (TPSA) is 49.4 Å². The van der Waals surface area contributed by atoms with Crippen molar-refractivity contribution in [2.24, 2.45) is 0 Å². The summed E-state index contributed by atoms with van der Waals surface area (Å²) in [6.07, 6.45) is 3.41. The van der Waals surface area contributed by atoms with Crippen LogP contribution in [0.1, 0.15) is 0 Å². The van der Waals surface area contributed by atoms with E-state index >= 15 is 0 Å². The fourth-order valence-electron chi connectivity index (χ4n) is 1.08. The molecule has 2 heterocycles. The monoisotopic (exact) mass is 196 g/mol. The zero-order valence-corrected chi connectivity index (χ0v) is 7.49. The van der Waals surface area contributed by atoms with Crippen LogP contribution in [-0.2, 0) is 0 Å². The second kappa shape index (κ2) is 3.51. The third kappa shape index (κ3) is 1.47. The summed E-state index contributed by atoms with van der Waals surface area (Å²) in [5.74, 6) is 0.0430. The molecule has 0 bridgehead atoms. The lowest BCUT2D eigenvalue weighted by atomic mass is 10.4. The Morgan fingerprint density at radius 1 is 1.50 bits per heavy atom. The average Bonchev–Trinajstić information content (AvgIpc) is 2.71. The number of pyridine rings is 1. The second-order valence-electron chi connectivity index (χ2n) is 2.60. The van der Waals surface area contributed by atoms with Crippen LogP contribution < -0.4 is 20.7 Å². The lowest BCUT2D eigenvalue weighted by Crippen LogP contribution is -2.35. The number of hydrogen-bond donors (Lipinski definition) is 2. The largest absolute Gasteiger partial charge is 0.479 e. The zero-order chi connectivity index (χ0) is 9.97. The number of nitrogens with zero attached hydrogens (tertiary/aromatic N) is 2. The van der Waals surface area contributed by atoms with Crippen LogP contribution in [0.2, 0.25) is 0 Å². The number of anilines is 1. The number of halogens is 1. The Morgan fingerprint density at radius 2 is 2.36 bits per heavy atom. The minimum Gasteiger partial charge on any atom is -0.479 e. The third-order valence-corrected chi connectivity index (χ3v) is 1.73. The number of nitrogens with one attached hydrogen (secondary N) is 2. The van der Waals surface area contributed by atoms with Gasteiger partial charge in [0.05, 0.1) is 7.11 Å². The quantitative estimate of drug-likeness (QED) is 0.722. The minimum atomic E-state index is -0.479. The number of hydrazine groups is 2. The Morgan fingerprint density at radius 3 is 3.00 bits per heavy atom. The molecule has 0 unspecified atom stereocenters. The van der Waals surface area contributed by atoms with Crippen molar-refractivity contribution < 1.29 is 9.13 Å². The first-order chi connectivity index (χ1) is 6.81. The maximum absolute atomic E-state index is 13.0. The van der Waals surface area contributed by atoms with Crippen molar-refractivity contribution in [1.29, 1.82) is 0 Å². The highest BCUT2D eigenvalue weighted by Crippen LogP contribution is 2.18. The highest BCUT2D eigenvalue weighted by molar-refractivity contribution is 5.43. The summed E-state index contributed by atoms with van der Waals surface area (Å²) in [4.78, 5) is 3.95. The molecule has 1 aromatic rings. The Labute approximate surface area is 80.1 Å². The summed E-state index contributed by atoms with van der Waals surface area (Å²) in [6.45, 7) is 0. The van der Waals surface area contributed by atoms with Crippen LogP contribution in [0.3, 0.4) is 0 Å². The number of rotatable bonds is 2. The lowest BCUT2D eigenvalue weighted by molar-refractivity contribution is 0.369. The second-order valence-corrected chi connectivity index (χ2v) is 2.60. The van der Waals surface area contributed by atoms with E-state index in [0.717, 1.165) is 0 Å². The van der Waals surface area contributed by atoms with Crippen molar-refractivity contribution in [2.75, 3.05) is 12.1 Å². The predicted octanol–water partition coefficient (Wildman–Crippen LogP) is 0.530. The summed E-state index contributed by atoms with van der Waals surface area (Å²) in [5, 5.41) is 1.60. The van der Waals surface area contributed by atoms with Gasteiger partial charge < -0.3 is 10.2 Å². The Kier molecular flexibility index (Phi) is 2.19. The molecule has 0 atom stereocenters. The molecule has 1 aliphatic rings. The predicted molar refractivity (Wildman–Crippen MR) is 48.6 cm³/mol. The van der Waals surface area contributed by atoms with Gasteiger partial charge in [-0.15, -0.1) is 5.53 Å². The molecule has 0 aliphatic carbocycles. The van der Waals surface area contributed by atoms with Gasteiger partial charge in [-0.1, -0.05) is 0 Å². The summed E-state index contributed by atoms with van der Waals surface area (Å²) in [6, 6.07) is 2.84. The molecule has 14 heavy (non-hydrogen) atoms. The maximum Gasteiger partial charge on any atom is 0.252 e. The smallest absolute Gasteiger partial charge is 0.252 e. The Balaban J connectivity index is 2.30. The molecule has 1 aliphatic heterocycles. The van der Waals surface area contributed by atoms with Crippen molar-refractivity contribution in [1.82, 2.24) is 15.9 Å². The van der Waals surface area contributed by atoms with Crippen LogP contribution >= 0.6 is 0 Å². The van der Waals surface area contributed by atoms with Crippen LogP contribution in [-0.4, -0.2) is 12.1 Å². The van der Waals surface area contributed by atoms with Crippen molar-refractivity contribution in [3.8, 4) is 5.88 Å². The van der Waals surface area contributed by atoms with Crippen molar-refractivity contribution in [2.45, 2.75) is 0 Å². The SMILES string of the molecule is COc1nc(N2C=CNN2)ccc1F. The summed E-state index contributed by atoms with van der Waals surface area (Å²) >= 11 is 0. The highest BCUT2D eigenvalue weighted by atomic mass is 19.1. The zero-order valence-electron chi connectivity index (χ0n) is 7.49. The first-order valence-corrected chi connectivity index (χ1v) is 3.99. The van der Waals surface area contributed by atoms with E-state index in [2.05, 4.69) is 15.9 Å². The molecule has 6 heteroatoms. The van der Waals surface area contributed by atoms with Gasteiger partial charge in [-0.2, -0.15) is 4.98 Å². The van der Waals surface area contributed by atoms with Crippen molar-refractivity contribution >= 4 is 5.82 Å². The normalized spacial score (nSPS) is 14.3. The summed E-state index contributed by atoms with van der Waals surface area (Å²) < 4.78 is 17.8. The van der Waals surface area contributed by atoms with Crippen LogP contribution in [0.15, 0.2) is 24.5 Å². The van der Waals surface area contributed by atoms with E-state index in [1.807, 2.05) is 0 Å². The minimum absolute atomic E-state index is 0.0235. The fraction of sp³-hybridized carbons (Fsp3) is 0.125. The van der Waals surface area contributed by atoms with E-state index in [1.54, 1.807) is 23.5 Å². The summed E-state index contributed by atoms with van der Waals surface area (Å²) in [7, 11) is 1.38. The molecule has 0 saturated heterocycles. The molecule has 1 aromatic heterocycles. The van der Waals surface area contributed by atoms with Crippen molar-refractivity contribution in [3.05, 3.63) is 30.3 Å². The van der Waals surface area contributed by atoms with Gasteiger partial charge in [0.25, 0.3) is 5.88 Å². The third-order valence-electron chi connectivity index (χ3n) is 1.73. The van der Waals surface area contributed by atoms with Gasteiger partial charge in [-0.3, -0.25) is 0 Å². The van der Waals surface area contributed by atoms with Gasteiger partial charge in [0.1, 0.15) is 0 Å². The molecule has 0 fully saturated rings. The van der Waals surface area contributed by atoms with E-state index in [0.29, 0.717) is 5.82 Å². The number of hydrogen-bond acceptors (Lipinski definition) is 5. The van der Waals surface area contributed by atoms with Crippen LogP contribution in [0.25, 0.3) is 0 Å². The molecule has 0 spiro atoms. The van der Waals surface area contributed by atoms with Gasteiger partial charge in [0, 0.05) is 12.4 Å².